The number of carbonyl (C=O) groups excluding carboxylic acids is 3. The van der Waals surface area contributed by atoms with Gasteiger partial charge >= 0.3 is 11.9 Å². The molecular formula is C48H50O9. The molecular weight excluding hydrogens is 721 g/mol. The highest BCUT2D eigenvalue weighted by molar-refractivity contribution is 5.91. The van der Waals surface area contributed by atoms with Crippen molar-refractivity contribution in [3.63, 3.8) is 0 Å². The van der Waals surface area contributed by atoms with Crippen LogP contribution in [-0.4, -0.2) is 38.5 Å². The third-order valence-corrected chi connectivity index (χ3v) is 8.49. The van der Waals surface area contributed by atoms with Crippen molar-refractivity contribution in [2.75, 3.05) is 20.3 Å². The maximum Gasteiger partial charge on any atom is 0.343 e. The lowest BCUT2D eigenvalue weighted by Crippen LogP contribution is -2.09. The van der Waals surface area contributed by atoms with Gasteiger partial charge < -0.3 is 33.2 Å². The van der Waals surface area contributed by atoms with E-state index >= 15 is 0 Å². The summed E-state index contributed by atoms with van der Waals surface area (Å²) in [6.45, 7) is 9.10. The Morgan fingerprint density at radius 2 is 1.19 bits per heavy atom. The number of methoxy groups -OCH3 is 1. The quantitative estimate of drug-likeness (QED) is 0.0223. The second-order valence-corrected chi connectivity index (χ2v) is 12.7. The van der Waals surface area contributed by atoms with Gasteiger partial charge in [-0.05, 0) is 122 Å². The first-order chi connectivity index (χ1) is 27.9. The first-order valence-electron chi connectivity index (χ1n) is 18.9. The molecule has 0 spiro atoms. The van der Waals surface area contributed by atoms with Crippen LogP contribution in [0.4, 0.5) is 0 Å². The normalized spacial score (nSPS) is 10.2. The molecule has 0 amide bonds. The Hall–Kier alpha value is -6.61. The SMILES string of the molecule is C=CC(=O)OCCCCCCOc1ccc(C(=O)Oc2ccc(COc3ccc(CCC=O)cc3)cc2C=C)cc1.COc1ccc(OCc2ccccc2)cc1. The number of esters is 2. The molecule has 0 radical (unpaired) electrons. The first-order valence-corrected chi connectivity index (χ1v) is 18.9. The van der Waals surface area contributed by atoms with Crippen LogP contribution in [0.2, 0.25) is 0 Å². The average Bonchev–Trinajstić information content (AvgIpc) is 3.26. The molecule has 296 valence electrons. The van der Waals surface area contributed by atoms with Crippen LogP contribution in [0.1, 0.15) is 64.7 Å². The molecule has 0 aliphatic rings. The van der Waals surface area contributed by atoms with Crippen molar-refractivity contribution < 1.29 is 42.8 Å². The van der Waals surface area contributed by atoms with Crippen molar-refractivity contribution in [3.8, 4) is 28.7 Å². The van der Waals surface area contributed by atoms with E-state index in [9.17, 15) is 14.4 Å². The van der Waals surface area contributed by atoms with E-state index in [2.05, 4.69) is 13.2 Å². The highest BCUT2D eigenvalue weighted by atomic mass is 16.5. The number of aryl methyl sites for hydroxylation is 1. The van der Waals surface area contributed by atoms with Gasteiger partial charge in [0.25, 0.3) is 0 Å². The molecule has 57 heavy (non-hydrogen) atoms. The average molecular weight is 771 g/mol. The molecule has 0 saturated heterocycles. The van der Waals surface area contributed by atoms with Crippen LogP contribution in [0.5, 0.6) is 28.7 Å². The van der Waals surface area contributed by atoms with Crippen LogP contribution in [0.25, 0.3) is 6.08 Å². The molecule has 9 heteroatoms. The van der Waals surface area contributed by atoms with Crippen LogP contribution >= 0.6 is 0 Å². The monoisotopic (exact) mass is 770 g/mol. The van der Waals surface area contributed by atoms with E-state index in [1.54, 1.807) is 43.5 Å². The topological polar surface area (TPSA) is 107 Å². The Bertz CT molecular complexity index is 1970. The number of unbranched alkanes of at least 4 members (excludes halogenated alkanes) is 3. The number of carbonyl (C=O) groups is 3. The molecule has 0 bridgehead atoms. The predicted molar refractivity (Wildman–Crippen MR) is 222 cm³/mol. The molecule has 0 aliphatic heterocycles. The summed E-state index contributed by atoms with van der Waals surface area (Å²) in [7, 11) is 1.65. The van der Waals surface area contributed by atoms with E-state index in [1.165, 1.54) is 5.56 Å². The molecule has 0 heterocycles. The summed E-state index contributed by atoms with van der Waals surface area (Å²) >= 11 is 0. The number of hydrogen-bond donors (Lipinski definition) is 0. The highest BCUT2D eigenvalue weighted by Crippen LogP contribution is 2.25. The number of ether oxygens (including phenoxy) is 6. The van der Waals surface area contributed by atoms with Crippen molar-refractivity contribution in [1.82, 2.24) is 0 Å². The minimum absolute atomic E-state index is 0.343. The second kappa shape index (κ2) is 24.7. The predicted octanol–water partition coefficient (Wildman–Crippen LogP) is 10.2. The van der Waals surface area contributed by atoms with Gasteiger partial charge in [0.2, 0.25) is 0 Å². The fourth-order valence-electron chi connectivity index (χ4n) is 5.32. The summed E-state index contributed by atoms with van der Waals surface area (Å²) in [4.78, 5) is 34.3. The molecule has 0 unspecified atom stereocenters. The molecule has 5 aromatic carbocycles. The lowest BCUT2D eigenvalue weighted by atomic mass is 10.1. The zero-order valence-corrected chi connectivity index (χ0v) is 32.4. The summed E-state index contributed by atoms with van der Waals surface area (Å²) in [5, 5.41) is 0. The summed E-state index contributed by atoms with van der Waals surface area (Å²) in [5.74, 6) is 2.63. The Kier molecular flexibility index (Phi) is 18.7. The molecule has 5 rings (SSSR count). The van der Waals surface area contributed by atoms with Gasteiger partial charge in [0.05, 0.1) is 25.9 Å². The summed E-state index contributed by atoms with van der Waals surface area (Å²) < 4.78 is 32.9. The number of aldehydes is 1. The van der Waals surface area contributed by atoms with Crippen molar-refractivity contribution in [3.05, 3.63) is 168 Å². The standard InChI is InChI=1S/C34H36O7.C14H14O2/c1-3-28-24-27(25-40-31-16-11-26(12-17-31)10-9-21-35)13-20-32(28)41-34(37)29-14-18-30(19-15-29)38-22-7-5-6-8-23-39-33(36)4-2;1-15-13-7-9-14(10-8-13)16-11-12-5-3-2-4-6-12/h3-4,11-21,24H,1-2,5-10,22-23,25H2;2-10H,11H2,1H3. The van der Waals surface area contributed by atoms with Gasteiger partial charge in [-0.25, -0.2) is 9.59 Å². The molecule has 0 N–H and O–H groups in total. The van der Waals surface area contributed by atoms with Crippen LogP contribution in [0, 0.1) is 0 Å². The van der Waals surface area contributed by atoms with Gasteiger partial charge in [0.15, 0.2) is 0 Å². The number of hydrogen-bond acceptors (Lipinski definition) is 9. The van der Waals surface area contributed by atoms with Crippen molar-refractivity contribution in [2.24, 2.45) is 0 Å². The fraction of sp³-hybridized carbons (Fsp3) is 0.229. The maximum atomic E-state index is 12.8. The number of rotatable bonds is 22. The smallest absolute Gasteiger partial charge is 0.343 e. The first kappa shape index (κ1) is 43.1. The molecule has 0 saturated carbocycles. The van der Waals surface area contributed by atoms with Crippen LogP contribution in [0.15, 0.2) is 141 Å². The van der Waals surface area contributed by atoms with Crippen molar-refractivity contribution >= 4 is 24.3 Å². The molecule has 0 aliphatic carbocycles. The van der Waals surface area contributed by atoms with Gasteiger partial charge in [-0.2, -0.15) is 0 Å². The minimum Gasteiger partial charge on any atom is -0.497 e. The summed E-state index contributed by atoms with van der Waals surface area (Å²) in [5.41, 5.74) is 4.24. The molecule has 0 fully saturated rings. The summed E-state index contributed by atoms with van der Waals surface area (Å²) in [6.07, 6.45) is 8.51. The molecule has 9 nitrogen and oxygen atoms in total. The van der Waals surface area contributed by atoms with Gasteiger partial charge in [0, 0.05) is 18.1 Å². The minimum atomic E-state index is -0.476. The zero-order chi connectivity index (χ0) is 40.5. The Morgan fingerprint density at radius 3 is 1.82 bits per heavy atom. The van der Waals surface area contributed by atoms with E-state index in [4.69, 9.17) is 28.4 Å². The van der Waals surface area contributed by atoms with E-state index in [0.29, 0.717) is 61.9 Å². The maximum absolute atomic E-state index is 12.8. The van der Waals surface area contributed by atoms with Gasteiger partial charge in [-0.3, -0.25) is 0 Å². The summed E-state index contributed by atoms with van der Waals surface area (Å²) in [6, 6.07) is 37.6. The van der Waals surface area contributed by atoms with Crippen LogP contribution in [-0.2, 0) is 34.0 Å². The van der Waals surface area contributed by atoms with Crippen molar-refractivity contribution in [2.45, 2.75) is 51.7 Å². The van der Waals surface area contributed by atoms with Gasteiger partial charge in [0.1, 0.15) is 48.2 Å². The van der Waals surface area contributed by atoms with Gasteiger partial charge in [-0.1, -0.05) is 67.8 Å². The lowest BCUT2D eigenvalue weighted by molar-refractivity contribution is -0.137. The lowest BCUT2D eigenvalue weighted by Gasteiger charge is -2.12. The number of benzene rings is 5. The van der Waals surface area contributed by atoms with E-state index in [-0.39, 0.29) is 0 Å². The zero-order valence-electron chi connectivity index (χ0n) is 32.4. The third kappa shape index (κ3) is 16.0. The van der Waals surface area contributed by atoms with E-state index in [0.717, 1.165) is 66.4 Å². The van der Waals surface area contributed by atoms with Gasteiger partial charge in [-0.15, -0.1) is 0 Å². The van der Waals surface area contributed by atoms with Crippen LogP contribution < -0.4 is 23.7 Å². The van der Waals surface area contributed by atoms with E-state index in [1.807, 2.05) is 91.0 Å². The highest BCUT2D eigenvalue weighted by Gasteiger charge is 2.12. The largest absolute Gasteiger partial charge is 0.497 e. The molecule has 5 aromatic rings. The molecule has 0 atom stereocenters. The Labute approximate surface area is 335 Å². The molecule has 0 aromatic heterocycles. The van der Waals surface area contributed by atoms with Crippen LogP contribution in [0.3, 0.4) is 0 Å². The third-order valence-electron chi connectivity index (χ3n) is 8.49. The van der Waals surface area contributed by atoms with E-state index < -0.39 is 11.9 Å². The van der Waals surface area contributed by atoms with Crippen molar-refractivity contribution in [1.29, 1.82) is 0 Å². The Morgan fingerprint density at radius 1 is 0.614 bits per heavy atom. The second-order valence-electron chi connectivity index (χ2n) is 12.7. The Balaban J connectivity index is 0.000000372. The fourth-order valence-corrected chi connectivity index (χ4v) is 5.32.